The van der Waals surface area contributed by atoms with Crippen molar-refractivity contribution in [1.82, 2.24) is 29.5 Å². The van der Waals surface area contributed by atoms with Gasteiger partial charge in [-0.05, 0) is 19.9 Å². The molecular formula is C14H13N7O. The van der Waals surface area contributed by atoms with Gasteiger partial charge in [-0.1, -0.05) is 0 Å². The van der Waals surface area contributed by atoms with Crippen LogP contribution in [-0.4, -0.2) is 35.4 Å². The molecule has 8 heteroatoms. The molecule has 0 unspecified atom stereocenters. The van der Waals surface area contributed by atoms with E-state index in [9.17, 15) is 4.79 Å². The highest BCUT2D eigenvalue weighted by molar-refractivity contribution is 6.01. The predicted molar refractivity (Wildman–Crippen MR) is 78.6 cm³/mol. The maximum Gasteiger partial charge on any atom is 0.293 e. The van der Waals surface area contributed by atoms with Crippen molar-refractivity contribution in [1.29, 1.82) is 0 Å². The van der Waals surface area contributed by atoms with Crippen molar-refractivity contribution in [3.05, 3.63) is 54.4 Å². The van der Waals surface area contributed by atoms with Crippen LogP contribution in [0.4, 0.5) is 5.69 Å². The van der Waals surface area contributed by atoms with E-state index in [4.69, 9.17) is 0 Å². The Morgan fingerprint density at radius 1 is 1.05 bits per heavy atom. The molecule has 0 radical (unpaired) electrons. The van der Waals surface area contributed by atoms with Gasteiger partial charge in [0.25, 0.3) is 5.91 Å². The largest absolute Gasteiger partial charge is 0.317 e. The molecule has 0 fully saturated rings. The van der Waals surface area contributed by atoms with Gasteiger partial charge in [-0.15, -0.1) is 0 Å². The lowest BCUT2D eigenvalue weighted by Gasteiger charge is -2.06. The number of nitrogens with one attached hydrogen (secondary N) is 1. The second kappa shape index (κ2) is 5.68. The van der Waals surface area contributed by atoms with Gasteiger partial charge in [0.15, 0.2) is 0 Å². The van der Waals surface area contributed by atoms with Crippen LogP contribution in [0.3, 0.4) is 0 Å². The van der Waals surface area contributed by atoms with E-state index in [0.29, 0.717) is 11.6 Å². The molecule has 22 heavy (non-hydrogen) atoms. The van der Waals surface area contributed by atoms with Crippen molar-refractivity contribution in [3.8, 4) is 5.95 Å². The molecular weight excluding hydrogens is 282 g/mol. The highest BCUT2D eigenvalue weighted by atomic mass is 16.2. The Bertz CT molecular complexity index is 796. The van der Waals surface area contributed by atoms with E-state index in [1.807, 2.05) is 13.8 Å². The molecule has 3 aromatic rings. The quantitative estimate of drug-likeness (QED) is 0.782. The maximum absolute atomic E-state index is 11.9. The second-order valence-corrected chi connectivity index (χ2v) is 4.58. The molecule has 0 saturated heterocycles. The molecule has 3 rings (SSSR count). The van der Waals surface area contributed by atoms with Crippen LogP contribution in [-0.2, 0) is 0 Å². The molecule has 0 bridgehead atoms. The molecule has 0 saturated carbocycles. The van der Waals surface area contributed by atoms with Crippen molar-refractivity contribution in [3.63, 3.8) is 0 Å². The van der Waals surface area contributed by atoms with E-state index in [1.165, 1.54) is 24.8 Å². The van der Waals surface area contributed by atoms with Gasteiger partial charge in [0, 0.05) is 18.1 Å². The van der Waals surface area contributed by atoms with E-state index in [-0.39, 0.29) is 5.82 Å². The van der Waals surface area contributed by atoms with Gasteiger partial charge in [0.1, 0.15) is 6.33 Å². The summed E-state index contributed by atoms with van der Waals surface area (Å²) in [4.78, 5) is 32.3. The van der Waals surface area contributed by atoms with Crippen LogP contribution in [0.15, 0.2) is 37.2 Å². The topological polar surface area (TPSA) is 98.5 Å². The third kappa shape index (κ3) is 2.66. The van der Waals surface area contributed by atoms with E-state index in [1.54, 1.807) is 17.0 Å². The fourth-order valence-electron chi connectivity index (χ4n) is 1.81. The minimum atomic E-state index is -0.411. The molecule has 0 atom stereocenters. The van der Waals surface area contributed by atoms with Gasteiger partial charge in [0.05, 0.1) is 23.8 Å². The SMILES string of the molecule is Cc1ncn(-c2ncc(NC(=O)c3ncccn3)cn2)c1C. The number of anilines is 1. The monoisotopic (exact) mass is 295 g/mol. The predicted octanol–water partition coefficient (Wildman–Crippen LogP) is 1.32. The second-order valence-electron chi connectivity index (χ2n) is 4.58. The number of imidazole rings is 1. The van der Waals surface area contributed by atoms with Gasteiger partial charge >= 0.3 is 0 Å². The zero-order chi connectivity index (χ0) is 15.5. The first-order valence-electron chi connectivity index (χ1n) is 6.56. The molecule has 0 spiro atoms. The average molecular weight is 295 g/mol. The van der Waals surface area contributed by atoms with Gasteiger partial charge in [-0.2, -0.15) is 0 Å². The lowest BCUT2D eigenvalue weighted by atomic mass is 10.4. The summed E-state index contributed by atoms with van der Waals surface area (Å²) in [5.74, 6) is 0.173. The fraction of sp³-hybridized carbons (Fsp3) is 0.143. The highest BCUT2D eigenvalue weighted by Gasteiger charge is 2.10. The Labute approximate surface area is 126 Å². The normalized spacial score (nSPS) is 10.5. The molecule has 3 aromatic heterocycles. The number of hydrogen-bond donors (Lipinski definition) is 1. The number of rotatable bonds is 3. The molecule has 1 N–H and O–H groups in total. The summed E-state index contributed by atoms with van der Waals surface area (Å²) in [6, 6.07) is 1.64. The third-order valence-electron chi connectivity index (χ3n) is 3.13. The lowest BCUT2D eigenvalue weighted by Crippen LogP contribution is -2.15. The first-order valence-corrected chi connectivity index (χ1v) is 6.56. The van der Waals surface area contributed by atoms with Crippen molar-refractivity contribution in [2.75, 3.05) is 5.32 Å². The zero-order valence-electron chi connectivity index (χ0n) is 12.1. The van der Waals surface area contributed by atoms with E-state index in [0.717, 1.165) is 11.4 Å². The number of carbonyl (C=O) groups is 1. The maximum atomic E-state index is 11.9. The van der Waals surface area contributed by atoms with Crippen molar-refractivity contribution >= 4 is 11.6 Å². The Morgan fingerprint density at radius 3 is 2.32 bits per heavy atom. The molecule has 0 aliphatic carbocycles. The van der Waals surface area contributed by atoms with Crippen LogP contribution in [0.2, 0.25) is 0 Å². The Balaban J connectivity index is 1.77. The summed E-state index contributed by atoms with van der Waals surface area (Å²) < 4.78 is 1.78. The number of carbonyl (C=O) groups excluding carboxylic acids is 1. The van der Waals surface area contributed by atoms with Crippen molar-refractivity contribution in [2.45, 2.75) is 13.8 Å². The van der Waals surface area contributed by atoms with E-state index >= 15 is 0 Å². The average Bonchev–Trinajstić information content (AvgIpc) is 2.89. The summed E-state index contributed by atoms with van der Waals surface area (Å²) in [6.07, 6.45) is 7.73. The third-order valence-corrected chi connectivity index (χ3v) is 3.13. The van der Waals surface area contributed by atoms with E-state index < -0.39 is 5.91 Å². The van der Waals surface area contributed by atoms with Gasteiger partial charge in [0.2, 0.25) is 11.8 Å². The first kappa shape index (κ1) is 13.8. The van der Waals surface area contributed by atoms with Crippen LogP contribution in [0.1, 0.15) is 22.0 Å². The Morgan fingerprint density at radius 2 is 1.73 bits per heavy atom. The van der Waals surface area contributed by atoms with Crippen molar-refractivity contribution in [2.24, 2.45) is 0 Å². The highest BCUT2D eigenvalue weighted by Crippen LogP contribution is 2.11. The minimum absolute atomic E-state index is 0.0904. The van der Waals surface area contributed by atoms with Gasteiger partial charge in [-0.25, -0.2) is 24.9 Å². The smallest absolute Gasteiger partial charge is 0.293 e. The number of hydrogen-bond acceptors (Lipinski definition) is 6. The van der Waals surface area contributed by atoms with Crippen LogP contribution in [0.25, 0.3) is 5.95 Å². The molecule has 8 nitrogen and oxygen atoms in total. The molecule has 0 aliphatic rings. The molecule has 3 heterocycles. The summed E-state index contributed by atoms with van der Waals surface area (Å²) in [6.45, 7) is 3.86. The molecule has 110 valence electrons. The number of aryl methyl sites for hydroxylation is 1. The Kier molecular flexibility index (Phi) is 3.57. The fourth-order valence-corrected chi connectivity index (χ4v) is 1.81. The van der Waals surface area contributed by atoms with Crippen molar-refractivity contribution < 1.29 is 4.79 Å². The summed E-state index contributed by atoms with van der Waals surface area (Å²) in [7, 11) is 0. The molecule has 0 aromatic carbocycles. The summed E-state index contributed by atoms with van der Waals surface area (Å²) >= 11 is 0. The van der Waals surface area contributed by atoms with Gasteiger partial charge < -0.3 is 5.32 Å². The molecule has 1 amide bonds. The zero-order valence-corrected chi connectivity index (χ0v) is 12.1. The Hall–Kier alpha value is -3.16. The number of aromatic nitrogens is 6. The minimum Gasteiger partial charge on any atom is -0.317 e. The number of nitrogens with zero attached hydrogens (tertiary/aromatic N) is 6. The lowest BCUT2D eigenvalue weighted by molar-refractivity contribution is 0.101. The van der Waals surface area contributed by atoms with Crippen LogP contribution in [0.5, 0.6) is 0 Å². The van der Waals surface area contributed by atoms with Gasteiger partial charge in [-0.3, -0.25) is 9.36 Å². The van der Waals surface area contributed by atoms with Crippen LogP contribution in [0, 0.1) is 13.8 Å². The molecule has 0 aliphatic heterocycles. The summed E-state index contributed by atoms with van der Waals surface area (Å²) in [5, 5.41) is 2.64. The summed E-state index contributed by atoms with van der Waals surface area (Å²) in [5.41, 5.74) is 2.35. The number of amides is 1. The first-order chi connectivity index (χ1) is 10.6. The van der Waals surface area contributed by atoms with Crippen LogP contribution >= 0.6 is 0 Å². The van der Waals surface area contributed by atoms with E-state index in [2.05, 4.69) is 30.2 Å². The van der Waals surface area contributed by atoms with Crippen LogP contribution < -0.4 is 5.32 Å². The standard InChI is InChI=1S/C14H13N7O/c1-9-10(2)21(8-19-9)14-17-6-11(7-18-14)20-13(22)12-15-4-3-5-16-12/h3-8H,1-2H3,(H,20,22).